The van der Waals surface area contributed by atoms with Crippen molar-refractivity contribution in [3.05, 3.63) is 62.7 Å². The summed E-state index contributed by atoms with van der Waals surface area (Å²) in [5.74, 6) is -1.30. The van der Waals surface area contributed by atoms with Gasteiger partial charge in [-0.15, -0.1) is 0 Å². The molecule has 1 aromatic carbocycles. The number of non-ortho nitro benzene ring substituents is 1. The fourth-order valence-electron chi connectivity index (χ4n) is 2.48. The number of rotatable bonds is 4. The van der Waals surface area contributed by atoms with Crippen LogP contribution < -0.4 is 5.73 Å². The predicted molar refractivity (Wildman–Crippen MR) is 83.1 cm³/mol. The number of ether oxygens (including phenoxy) is 2. The van der Waals surface area contributed by atoms with E-state index in [-0.39, 0.29) is 35.1 Å². The van der Waals surface area contributed by atoms with Crippen LogP contribution in [0.15, 0.2) is 47.1 Å². The van der Waals surface area contributed by atoms with Gasteiger partial charge in [-0.05, 0) is 19.4 Å². The van der Waals surface area contributed by atoms with Crippen molar-refractivity contribution in [1.82, 2.24) is 0 Å². The van der Waals surface area contributed by atoms with Gasteiger partial charge in [0.2, 0.25) is 5.88 Å². The molecule has 0 fully saturated rings. The van der Waals surface area contributed by atoms with Gasteiger partial charge in [0.25, 0.3) is 5.69 Å². The highest BCUT2D eigenvalue weighted by atomic mass is 16.6. The van der Waals surface area contributed by atoms with Crippen LogP contribution in [0.3, 0.4) is 0 Å². The minimum atomic E-state index is -0.802. The molecular formula is C16H15N3O5. The van der Waals surface area contributed by atoms with Crippen molar-refractivity contribution in [2.24, 2.45) is 5.73 Å². The number of esters is 1. The molecule has 0 aromatic heterocycles. The summed E-state index contributed by atoms with van der Waals surface area (Å²) in [6.45, 7) is 3.36. The number of benzene rings is 1. The molecule has 1 aromatic rings. The molecule has 0 saturated heterocycles. The van der Waals surface area contributed by atoms with E-state index in [1.807, 2.05) is 6.07 Å². The second kappa shape index (κ2) is 6.83. The maximum Gasteiger partial charge on any atom is 0.338 e. The van der Waals surface area contributed by atoms with Crippen molar-refractivity contribution in [3.63, 3.8) is 0 Å². The van der Waals surface area contributed by atoms with Crippen LogP contribution in [0.25, 0.3) is 0 Å². The van der Waals surface area contributed by atoms with Crippen molar-refractivity contribution < 1.29 is 19.2 Å². The van der Waals surface area contributed by atoms with Gasteiger partial charge >= 0.3 is 5.97 Å². The van der Waals surface area contributed by atoms with Crippen LogP contribution in [-0.2, 0) is 14.3 Å². The third kappa shape index (κ3) is 3.05. The van der Waals surface area contributed by atoms with E-state index in [0.29, 0.717) is 5.56 Å². The first-order valence-corrected chi connectivity index (χ1v) is 7.10. The zero-order valence-corrected chi connectivity index (χ0v) is 13.1. The molecule has 1 heterocycles. The lowest BCUT2D eigenvalue weighted by atomic mass is 9.83. The number of carbonyl (C=O) groups is 1. The maximum absolute atomic E-state index is 12.3. The lowest BCUT2D eigenvalue weighted by Crippen LogP contribution is -2.25. The molecule has 1 atom stereocenters. The number of nitriles is 1. The van der Waals surface area contributed by atoms with Crippen LogP contribution in [0.4, 0.5) is 5.69 Å². The lowest BCUT2D eigenvalue weighted by molar-refractivity contribution is -0.384. The normalized spacial score (nSPS) is 17.1. The number of nitro benzene ring substituents is 1. The second-order valence-corrected chi connectivity index (χ2v) is 4.96. The third-order valence-corrected chi connectivity index (χ3v) is 3.54. The lowest BCUT2D eigenvalue weighted by Gasteiger charge is -2.26. The van der Waals surface area contributed by atoms with Crippen LogP contribution in [-0.4, -0.2) is 17.5 Å². The molecular weight excluding hydrogens is 314 g/mol. The Morgan fingerprint density at radius 2 is 2.08 bits per heavy atom. The van der Waals surface area contributed by atoms with Gasteiger partial charge in [0.1, 0.15) is 17.4 Å². The fourth-order valence-corrected chi connectivity index (χ4v) is 2.48. The van der Waals surface area contributed by atoms with Crippen LogP contribution >= 0.6 is 0 Å². The Kier molecular flexibility index (Phi) is 4.84. The molecule has 0 aliphatic carbocycles. The highest BCUT2D eigenvalue weighted by Gasteiger charge is 2.36. The Balaban J connectivity index is 2.57. The summed E-state index contributed by atoms with van der Waals surface area (Å²) in [5.41, 5.74) is 6.37. The number of hydrogen-bond acceptors (Lipinski definition) is 7. The van der Waals surface area contributed by atoms with Gasteiger partial charge in [-0.1, -0.05) is 12.1 Å². The zero-order chi connectivity index (χ0) is 17.9. The van der Waals surface area contributed by atoms with E-state index in [1.54, 1.807) is 13.8 Å². The second-order valence-electron chi connectivity index (χ2n) is 4.96. The molecule has 0 radical (unpaired) electrons. The Morgan fingerprint density at radius 3 is 2.58 bits per heavy atom. The highest BCUT2D eigenvalue weighted by molar-refractivity contribution is 5.92. The summed E-state index contributed by atoms with van der Waals surface area (Å²) in [4.78, 5) is 22.6. The van der Waals surface area contributed by atoms with Crippen molar-refractivity contribution in [1.29, 1.82) is 5.26 Å². The molecule has 1 aliphatic heterocycles. The molecule has 8 heteroatoms. The average molecular weight is 329 g/mol. The molecule has 2 N–H and O–H groups in total. The zero-order valence-electron chi connectivity index (χ0n) is 13.1. The van der Waals surface area contributed by atoms with Crippen molar-refractivity contribution >= 4 is 11.7 Å². The minimum absolute atomic E-state index is 0.0532. The smallest absolute Gasteiger partial charge is 0.338 e. The quantitative estimate of drug-likeness (QED) is 0.509. The summed E-state index contributed by atoms with van der Waals surface area (Å²) in [7, 11) is 0. The number of allylic oxidation sites excluding steroid dienone is 2. The van der Waals surface area contributed by atoms with Crippen molar-refractivity contribution in [3.8, 4) is 6.07 Å². The van der Waals surface area contributed by atoms with Crippen molar-refractivity contribution in [2.45, 2.75) is 19.8 Å². The first-order valence-electron chi connectivity index (χ1n) is 7.10. The van der Waals surface area contributed by atoms with E-state index in [9.17, 15) is 20.2 Å². The van der Waals surface area contributed by atoms with Crippen LogP contribution in [0, 0.1) is 21.4 Å². The first kappa shape index (κ1) is 17.0. The maximum atomic E-state index is 12.3. The summed E-state index contributed by atoms with van der Waals surface area (Å²) >= 11 is 0. The molecule has 0 spiro atoms. The number of nitrogens with two attached hydrogens (primary N) is 1. The van der Waals surface area contributed by atoms with Gasteiger partial charge in [-0.3, -0.25) is 10.1 Å². The number of hydrogen-bond donors (Lipinski definition) is 1. The predicted octanol–water partition coefficient (Wildman–Crippen LogP) is 2.24. The average Bonchev–Trinajstić information content (AvgIpc) is 2.54. The standard InChI is InChI=1S/C16H15N3O5/c1-3-23-16(20)13-9(2)24-15(18)12(8-17)14(13)10-4-6-11(7-5-10)19(21)22/h4-7,14H,3,18H2,1-2H3/t14-/m1/s1. The molecule has 8 nitrogen and oxygen atoms in total. The van der Waals surface area contributed by atoms with E-state index >= 15 is 0 Å². The largest absolute Gasteiger partial charge is 0.463 e. The van der Waals surface area contributed by atoms with E-state index in [2.05, 4.69) is 0 Å². The summed E-state index contributed by atoms with van der Waals surface area (Å²) in [6, 6.07) is 7.50. The van der Waals surface area contributed by atoms with E-state index < -0.39 is 16.8 Å². The SMILES string of the molecule is CCOC(=O)C1=C(C)OC(N)=C(C#N)[C@H]1c1ccc([N+](=O)[O-])cc1. The van der Waals surface area contributed by atoms with Crippen LogP contribution in [0.1, 0.15) is 25.3 Å². The van der Waals surface area contributed by atoms with Crippen LogP contribution in [0.5, 0.6) is 0 Å². The van der Waals surface area contributed by atoms with Gasteiger partial charge in [0.05, 0.1) is 23.0 Å². The highest BCUT2D eigenvalue weighted by Crippen LogP contribution is 2.39. The topological polar surface area (TPSA) is 128 Å². The first-order chi connectivity index (χ1) is 11.4. The third-order valence-electron chi connectivity index (χ3n) is 3.54. The van der Waals surface area contributed by atoms with Gasteiger partial charge in [-0.25, -0.2) is 4.79 Å². The molecule has 0 bridgehead atoms. The van der Waals surface area contributed by atoms with Gasteiger partial charge < -0.3 is 15.2 Å². The van der Waals surface area contributed by atoms with Crippen LogP contribution in [0.2, 0.25) is 0 Å². The molecule has 0 unspecified atom stereocenters. The molecule has 0 saturated carbocycles. The number of nitro groups is 1. The Bertz CT molecular complexity index is 787. The minimum Gasteiger partial charge on any atom is -0.463 e. The van der Waals surface area contributed by atoms with Gasteiger partial charge in [0.15, 0.2) is 0 Å². The molecule has 1 aliphatic rings. The Hall–Kier alpha value is -3.34. The van der Waals surface area contributed by atoms with E-state index in [0.717, 1.165) is 0 Å². The van der Waals surface area contributed by atoms with Gasteiger partial charge in [0, 0.05) is 12.1 Å². The van der Waals surface area contributed by atoms with Gasteiger partial charge in [-0.2, -0.15) is 5.26 Å². The molecule has 0 amide bonds. The van der Waals surface area contributed by atoms with E-state index in [1.165, 1.54) is 24.3 Å². The Morgan fingerprint density at radius 1 is 1.46 bits per heavy atom. The molecule has 124 valence electrons. The monoisotopic (exact) mass is 329 g/mol. The molecule has 2 rings (SSSR count). The summed E-state index contributed by atoms with van der Waals surface area (Å²) < 4.78 is 10.3. The van der Waals surface area contributed by atoms with E-state index in [4.69, 9.17) is 15.2 Å². The molecule has 24 heavy (non-hydrogen) atoms. The fraction of sp³-hybridized carbons (Fsp3) is 0.250. The Labute approximate surface area is 137 Å². The number of carbonyl (C=O) groups excluding carboxylic acids is 1. The number of nitrogens with zero attached hydrogens (tertiary/aromatic N) is 2. The van der Waals surface area contributed by atoms with Crippen molar-refractivity contribution in [2.75, 3.05) is 6.61 Å². The summed E-state index contributed by atoms with van der Waals surface area (Å²) in [6.07, 6.45) is 0. The summed E-state index contributed by atoms with van der Waals surface area (Å²) in [5, 5.41) is 20.2.